The highest BCUT2D eigenvalue weighted by atomic mass is 16.5. The van der Waals surface area contributed by atoms with Gasteiger partial charge < -0.3 is 9.30 Å². The number of rotatable bonds is 5. The number of nitrogens with zero attached hydrogens (tertiary/aromatic N) is 4. The zero-order valence-electron chi connectivity index (χ0n) is 9.95. The number of esters is 1. The number of aryl methyl sites for hydroxylation is 1. The van der Waals surface area contributed by atoms with Gasteiger partial charge in [-0.3, -0.25) is 14.5 Å². The van der Waals surface area contributed by atoms with Gasteiger partial charge in [-0.05, 0) is 6.92 Å². The van der Waals surface area contributed by atoms with Crippen LogP contribution in [0.25, 0.3) is 0 Å². The van der Waals surface area contributed by atoms with Crippen LogP contribution < -0.4 is 0 Å². The standard InChI is InChI=1S/C10H14N4O3/c1-8-10(11-5-13(8)2)12-6-14(7-15)4-9(16)17-3/h5-7H,4H2,1-3H3. The van der Waals surface area contributed by atoms with Crippen LogP contribution in [0.15, 0.2) is 11.3 Å². The predicted molar refractivity (Wildman–Crippen MR) is 60.9 cm³/mol. The molecule has 0 aliphatic carbocycles. The maximum Gasteiger partial charge on any atom is 0.325 e. The van der Waals surface area contributed by atoms with E-state index in [1.54, 1.807) is 10.9 Å². The first-order chi connectivity index (χ1) is 8.08. The second-order valence-electron chi connectivity index (χ2n) is 3.36. The van der Waals surface area contributed by atoms with E-state index in [0.717, 1.165) is 10.6 Å². The van der Waals surface area contributed by atoms with Crippen molar-refractivity contribution in [2.24, 2.45) is 12.0 Å². The van der Waals surface area contributed by atoms with E-state index >= 15 is 0 Å². The van der Waals surface area contributed by atoms with Crippen molar-refractivity contribution in [1.82, 2.24) is 14.5 Å². The summed E-state index contributed by atoms with van der Waals surface area (Å²) in [4.78, 5) is 30.8. The summed E-state index contributed by atoms with van der Waals surface area (Å²) in [6.45, 7) is 1.68. The number of methoxy groups -OCH3 is 1. The summed E-state index contributed by atoms with van der Waals surface area (Å²) in [5.74, 6) is -0.00879. The van der Waals surface area contributed by atoms with Crippen LogP contribution in [0.1, 0.15) is 5.69 Å². The van der Waals surface area contributed by atoms with Gasteiger partial charge in [-0.15, -0.1) is 0 Å². The van der Waals surface area contributed by atoms with Crippen molar-refractivity contribution >= 4 is 24.5 Å². The van der Waals surface area contributed by atoms with Crippen LogP contribution in [0.5, 0.6) is 0 Å². The minimum atomic E-state index is -0.513. The molecule has 17 heavy (non-hydrogen) atoms. The Labute approximate surface area is 98.7 Å². The van der Waals surface area contributed by atoms with Crippen molar-refractivity contribution in [2.45, 2.75) is 6.92 Å². The molecule has 0 fully saturated rings. The summed E-state index contributed by atoms with van der Waals surface area (Å²) in [5.41, 5.74) is 0.866. The highest BCUT2D eigenvalue weighted by Gasteiger charge is 2.07. The van der Waals surface area contributed by atoms with Crippen molar-refractivity contribution < 1.29 is 14.3 Å². The second kappa shape index (κ2) is 5.78. The summed E-state index contributed by atoms with van der Waals surface area (Å²) in [7, 11) is 3.10. The van der Waals surface area contributed by atoms with Crippen molar-refractivity contribution in [1.29, 1.82) is 0 Å². The van der Waals surface area contributed by atoms with Crippen LogP contribution in [0, 0.1) is 6.92 Å². The van der Waals surface area contributed by atoms with Gasteiger partial charge in [0.25, 0.3) is 0 Å². The lowest BCUT2D eigenvalue weighted by Gasteiger charge is -2.08. The molecule has 1 aromatic heterocycles. The number of aliphatic imine (C=N–C) groups is 1. The minimum absolute atomic E-state index is 0.171. The Morgan fingerprint density at radius 3 is 2.88 bits per heavy atom. The molecule has 0 atom stereocenters. The number of carbonyl (C=O) groups excluding carboxylic acids is 2. The van der Waals surface area contributed by atoms with Crippen LogP contribution >= 0.6 is 0 Å². The molecule has 1 rings (SSSR count). The van der Waals surface area contributed by atoms with Gasteiger partial charge in [0.2, 0.25) is 6.41 Å². The molecule has 0 unspecified atom stereocenters. The molecule has 0 radical (unpaired) electrons. The number of ether oxygens (including phenoxy) is 1. The molecule has 7 nitrogen and oxygen atoms in total. The number of imidazole rings is 1. The quantitative estimate of drug-likeness (QED) is 0.313. The zero-order chi connectivity index (χ0) is 12.8. The molecule has 0 spiro atoms. The summed E-state index contributed by atoms with van der Waals surface area (Å²) in [5, 5.41) is 0. The normalized spacial score (nSPS) is 10.5. The van der Waals surface area contributed by atoms with Gasteiger partial charge >= 0.3 is 5.97 Å². The van der Waals surface area contributed by atoms with Crippen molar-refractivity contribution in [2.75, 3.05) is 13.7 Å². The van der Waals surface area contributed by atoms with Crippen molar-refractivity contribution in [3.63, 3.8) is 0 Å². The Bertz CT molecular complexity index is 439. The molecule has 0 aliphatic rings. The molecule has 1 aromatic rings. The number of carbonyl (C=O) groups is 2. The Morgan fingerprint density at radius 2 is 2.41 bits per heavy atom. The topological polar surface area (TPSA) is 76.8 Å². The van der Waals surface area contributed by atoms with E-state index < -0.39 is 5.97 Å². The molecule has 0 aromatic carbocycles. The zero-order valence-corrected chi connectivity index (χ0v) is 9.95. The SMILES string of the molecule is COC(=O)CN(C=O)C=Nc1ncn(C)c1C. The minimum Gasteiger partial charge on any atom is -0.468 e. The first-order valence-electron chi connectivity index (χ1n) is 4.88. The van der Waals surface area contributed by atoms with E-state index in [1.807, 2.05) is 14.0 Å². The summed E-state index contributed by atoms with van der Waals surface area (Å²) in [6.07, 6.45) is 3.37. The molecule has 0 saturated heterocycles. The van der Waals surface area contributed by atoms with Crippen molar-refractivity contribution in [3.05, 3.63) is 12.0 Å². The number of aromatic nitrogens is 2. The van der Waals surface area contributed by atoms with Crippen LogP contribution in [0.3, 0.4) is 0 Å². The maximum atomic E-state index is 11.0. The highest BCUT2D eigenvalue weighted by molar-refractivity contribution is 5.82. The molecular formula is C10H14N4O3. The molecular weight excluding hydrogens is 224 g/mol. The largest absolute Gasteiger partial charge is 0.468 e. The van der Waals surface area contributed by atoms with Gasteiger partial charge in [0.15, 0.2) is 5.82 Å². The molecule has 0 bridgehead atoms. The summed E-state index contributed by atoms with van der Waals surface area (Å²) < 4.78 is 6.25. The van der Waals surface area contributed by atoms with E-state index in [9.17, 15) is 9.59 Å². The second-order valence-corrected chi connectivity index (χ2v) is 3.36. The fourth-order valence-corrected chi connectivity index (χ4v) is 1.05. The van der Waals surface area contributed by atoms with Gasteiger partial charge in [-0.25, -0.2) is 9.98 Å². The molecule has 1 heterocycles. The molecule has 0 N–H and O–H groups in total. The van der Waals surface area contributed by atoms with Crippen LogP contribution in [0.2, 0.25) is 0 Å². The van der Waals surface area contributed by atoms with Gasteiger partial charge in [-0.1, -0.05) is 0 Å². The lowest BCUT2D eigenvalue weighted by molar-refractivity contribution is -0.142. The number of hydrogen-bond donors (Lipinski definition) is 0. The number of hydrogen-bond acceptors (Lipinski definition) is 5. The van der Waals surface area contributed by atoms with E-state index in [1.165, 1.54) is 13.4 Å². The van der Waals surface area contributed by atoms with Gasteiger partial charge in [0, 0.05) is 7.05 Å². The first kappa shape index (κ1) is 12.9. The lowest BCUT2D eigenvalue weighted by atomic mass is 10.5. The number of amides is 1. The summed E-state index contributed by atoms with van der Waals surface area (Å²) >= 11 is 0. The third kappa shape index (κ3) is 3.40. The molecule has 0 aliphatic heterocycles. The first-order valence-corrected chi connectivity index (χ1v) is 4.88. The Hall–Kier alpha value is -2.18. The van der Waals surface area contributed by atoms with E-state index in [4.69, 9.17) is 0 Å². The highest BCUT2D eigenvalue weighted by Crippen LogP contribution is 2.13. The van der Waals surface area contributed by atoms with E-state index in [2.05, 4.69) is 14.7 Å². The van der Waals surface area contributed by atoms with E-state index in [0.29, 0.717) is 12.2 Å². The van der Waals surface area contributed by atoms with Gasteiger partial charge in [0.1, 0.15) is 12.9 Å². The fourth-order valence-electron chi connectivity index (χ4n) is 1.05. The lowest BCUT2D eigenvalue weighted by Crippen LogP contribution is -2.27. The maximum absolute atomic E-state index is 11.0. The smallest absolute Gasteiger partial charge is 0.325 e. The molecule has 7 heteroatoms. The van der Waals surface area contributed by atoms with Crippen LogP contribution in [0.4, 0.5) is 5.82 Å². The van der Waals surface area contributed by atoms with Gasteiger partial charge in [0.05, 0.1) is 19.1 Å². The Balaban J connectivity index is 2.71. The average molecular weight is 238 g/mol. The average Bonchev–Trinajstić information content (AvgIpc) is 2.65. The molecule has 0 saturated carbocycles. The van der Waals surface area contributed by atoms with Crippen LogP contribution in [-0.4, -0.2) is 46.8 Å². The molecule has 1 amide bonds. The Morgan fingerprint density at radius 1 is 1.71 bits per heavy atom. The Kier molecular flexibility index (Phi) is 4.38. The van der Waals surface area contributed by atoms with Crippen LogP contribution in [-0.2, 0) is 21.4 Å². The third-order valence-electron chi connectivity index (χ3n) is 2.21. The fraction of sp³-hybridized carbons (Fsp3) is 0.400. The third-order valence-corrected chi connectivity index (χ3v) is 2.21. The predicted octanol–water partition coefficient (Wildman–Crippen LogP) is 0.0197. The van der Waals surface area contributed by atoms with E-state index in [-0.39, 0.29) is 6.54 Å². The molecule has 92 valence electrons. The summed E-state index contributed by atoms with van der Waals surface area (Å²) in [6, 6.07) is 0. The van der Waals surface area contributed by atoms with Crippen molar-refractivity contribution in [3.8, 4) is 0 Å². The monoisotopic (exact) mass is 238 g/mol. The van der Waals surface area contributed by atoms with Gasteiger partial charge in [-0.2, -0.15) is 0 Å².